The van der Waals surface area contributed by atoms with E-state index in [2.05, 4.69) is 6.07 Å². The van der Waals surface area contributed by atoms with Gasteiger partial charge in [0.05, 0.1) is 5.56 Å². The van der Waals surface area contributed by atoms with Crippen LogP contribution in [0.25, 0.3) is 11.1 Å². The van der Waals surface area contributed by atoms with Crippen LogP contribution in [0.2, 0.25) is 0 Å². The van der Waals surface area contributed by atoms with Crippen molar-refractivity contribution in [3.05, 3.63) is 59.7 Å². The van der Waals surface area contributed by atoms with Crippen molar-refractivity contribution in [1.82, 2.24) is 0 Å². The highest BCUT2D eigenvalue weighted by atomic mass is 19.4. The normalized spacial score (nSPS) is 11.5. The van der Waals surface area contributed by atoms with E-state index in [-0.39, 0.29) is 0 Å². The van der Waals surface area contributed by atoms with Crippen LogP contribution in [0.3, 0.4) is 0 Å². The van der Waals surface area contributed by atoms with Crippen LogP contribution in [0.5, 0.6) is 0 Å². The molecule has 0 aliphatic carbocycles. The molecule has 0 saturated carbocycles. The third kappa shape index (κ3) is 2.49. The molecule has 0 nitrogen and oxygen atoms in total. The first-order valence-electron chi connectivity index (χ1n) is 5.13. The summed E-state index contributed by atoms with van der Waals surface area (Å²) in [6.07, 6.45) is -4.35. The lowest BCUT2D eigenvalue weighted by molar-refractivity contribution is -0.137. The van der Waals surface area contributed by atoms with Crippen molar-refractivity contribution in [3.63, 3.8) is 0 Å². The van der Waals surface area contributed by atoms with Crippen LogP contribution in [0.1, 0.15) is 11.1 Å². The Labute approximate surface area is 97.7 Å². The second-order valence-electron chi connectivity index (χ2n) is 3.80. The van der Waals surface area contributed by atoms with Gasteiger partial charge in [0.1, 0.15) is 0 Å². The number of hydrogen-bond donors (Lipinski definition) is 0. The summed E-state index contributed by atoms with van der Waals surface area (Å²) in [4.78, 5) is 0. The van der Waals surface area contributed by atoms with Crippen LogP contribution in [0, 0.1) is 13.0 Å². The van der Waals surface area contributed by atoms with Crippen LogP contribution < -0.4 is 0 Å². The zero-order chi connectivity index (χ0) is 12.5. The summed E-state index contributed by atoms with van der Waals surface area (Å²) in [6, 6.07) is 13.6. The van der Waals surface area contributed by atoms with Crippen molar-refractivity contribution in [2.24, 2.45) is 0 Å². The van der Waals surface area contributed by atoms with Crippen molar-refractivity contribution < 1.29 is 13.2 Å². The van der Waals surface area contributed by atoms with E-state index in [1.54, 1.807) is 6.07 Å². The maximum absolute atomic E-state index is 12.6. The zero-order valence-electron chi connectivity index (χ0n) is 9.18. The van der Waals surface area contributed by atoms with E-state index >= 15 is 0 Å². The number of hydrogen-bond acceptors (Lipinski definition) is 0. The number of alkyl halides is 3. The summed E-state index contributed by atoms with van der Waals surface area (Å²) in [5, 5.41) is 0. The van der Waals surface area contributed by atoms with Crippen LogP contribution in [0.4, 0.5) is 13.2 Å². The van der Waals surface area contributed by atoms with Gasteiger partial charge in [-0.1, -0.05) is 36.4 Å². The van der Waals surface area contributed by atoms with E-state index in [9.17, 15) is 13.2 Å². The SMILES string of the molecule is Cc1ccccc1-c1cc[c]c(C(F)(F)F)c1. The van der Waals surface area contributed by atoms with Gasteiger partial charge < -0.3 is 0 Å². The highest BCUT2D eigenvalue weighted by Crippen LogP contribution is 2.32. The standard InChI is InChI=1S/C14H10F3/c1-10-5-2-3-8-13(10)11-6-4-7-12(9-11)14(15,16)17/h2-6,8-9H,1H3. The Hall–Kier alpha value is -1.77. The predicted molar refractivity (Wildman–Crippen MR) is 60.5 cm³/mol. The lowest BCUT2D eigenvalue weighted by atomic mass is 9.99. The van der Waals surface area contributed by atoms with E-state index in [1.807, 2.05) is 31.2 Å². The fourth-order valence-corrected chi connectivity index (χ4v) is 1.69. The van der Waals surface area contributed by atoms with Gasteiger partial charge in [-0.15, -0.1) is 0 Å². The Bertz CT molecular complexity index is 527. The summed E-state index contributed by atoms with van der Waals surface area (Å²) < 4.78 is 37.7. The van der Waals surface area contributed by atoms with Crippen molar-refractivity contribution >= 4 is 0 Å². The number of halogens is 3. The molecule has 0 aliphatic heterocycles. The molecule has 0 aliphatic rings. The second kappa shape index (κ2) is 4.24. The molecule has 0 saturated heterocycles. The second-order valence-corrected chi connectivity index (χ2v) is 3.80. The molecule has 0 spiro atoms. The average molecular weight is 235 g/mol. The van der Waals surface area contributed by atoms with Gasteiger partial charge in [-0.2, -0.15) is 13.2 Å². The molecule has 0 heterocycles. The van der Waals surface area contributed by atoms with Gasteiger partial charge in [-0.05, 0) is 35.7 Å². The number of rotatable bonds is 1. The Morgan fingerprint density at radius 1 is 1.06 bits per heavy atom. The third-order valence-corrected chi connectivity index (χ3v) is 2.56. The van der Waals surface area contributed by atoms with E-state index in [4.69, 9.17) is 0 Å². The minimum absolute atomic E-state index is 0.564. The molecule has 1 radical (unpaired) electrons. The molecule has 2 aromatic carbocycles. The topological polar surface area (TPSA) is 0 Å². The largest absolute Gasteiger partial charge is 0.417 e. The molecular weight excluding hydrogens is 225 g/mol. The molecule has 0 atom stereocenters. The first-order valence-corrected chi connectivity index (χ1v) is 5.13. The van der Waals surface area contributed by atoms with Crippen LogP contribution in [-0.2, 0) is 6.18 Å². The Morgan fingerprint density at radius 2 is 1.76 bits per heavy atom. The average Bonchev–Trinajstić information content (AvgIpc) is 2.29. The summed E-state index contributed by atoms with van der Waals surface area (Å²) >= 11 is 0. The molecular formula is C14H10F3. The molecule has 2 rings (SSSR count). The van der Waals surface area contributed by atoms with Crippen molar-refractivity contribution in [3.8, 4) is 11.1 Å². The van der Waals surface area contributed by atoms with Gasteiger partial charge >= 0.3 is 6.18 Å². The van der Waals surface area contributed by atoms with Gasteiger partial charge in [0, 0.05) is 0 Å². The molecule has 3 heteroatoms. The first kappa shape index (κ1) is 11.7. The van der Waals surface area contributed by atoms with Crippen LogP contribution in [0.15, 0.2) is 42.5 Å². The highest BCUT2D eigenvalue weighted by molar-refractivity contribution is 5.67. The quantitative estimate of drug-likeness (QED) is 0.683. The van der Waals surface area contributed by atoms with Gasteiger partial charge in [-0.25, -0.2) is 0 Å². The van der Waals surface area contributed by atoms with Crippen molar-refractivity contribution in [1.29, 1.82) is 0 Å². The lowest BCUT2D eigenvalue weighted by Crippen LogP contribution is -2.04. The van der Waals surface area contributed by atoms with E-state index < -0.39 is 11.7 Å². The third-order valence-electron chi connectivity index (χ3n) is 2.56. The zero-order valence-corrected chi connectivity index (χ0v) is 9.18. The maximum Gasteiger partial charge on any atom is 0.417 e. The molecule has 0 fully saturated rings. The van der Waals surface area contributed by atoms with Crippen LogP contribution >= 0.6 is 0 Å². The number of aryl methyl sites for hydroxylation is 1. The molecule has 17 heavy (non-hydrogen) atoms. The van der Waals surface area contributed by atoms with Gasteiger partial charge in [0.2, 0.25) is 0 Å². The molecule has 0 N–H and O–H groups in total. The van der Waals surface area contributed by atoms with E-state index in [1.165, 1.54) is 6.07 Å². The van der Waals surface area contributed by atoms with Crippen molar-refractivity contribution in [2.45, 2.75) is 13.1 Å². The molecule has 0 unspecified atom stereocenters. The smallest absolute Gasteiger partial charge is 0.166 e. The molecule has 0 amide bonds. The molecule has 2 aromatic rings. The Balaban J connectivity index is 2.51. The minimum atomic E-state index is -4.35. The van der Waals surface area contributed by atoms with Crippen molar-refractivity contribution in [2.75, 3.05) is 0 Å². The predicted octanol–water partition coefficient (Wildman–Crippen LogP) is 4.48. The Morgan fingerprint density at radius 3 is 2.41 bits per heavy atom. The fourth-order valence-electron chi connectivity index (χ4n) is 1.69. The maximum atomic E-state index is 12.6. The van der Waals surface area contributed by atoms with Gasteiger partial charge in [-0.3, -0.25) is 0 Å². The summed E-state index contributed by atoms with van der Waals surface area (Å²) in [5.41, 5.74) is 1.59. The molecule has 87 valence electrons. The fraction of sp³-hybridized carbons (Fsp3) is 0.143. The van der Waals surface area contributed by atoms with Gasteiger partial charge in [0.15, 0.2) is 0 Å². The molecule has 0 aromatic heterocycles. The van der Waals surface area contributed by atoms with E-state index in [0.717, 1.165) is 17.2 Å². The monoisotopic (exact) mass is 235 g/mol. The first-order chi connectivity index (χ1) is 7.98. The minimum Gasteiger partial charge on any atom is -0.166 e. The molecule has 0 bridgehead atoms. The number of benzene rings is 2. The Kier molecular flexibility index (Phi) is 2.92. The van der Waals surface area contributed by atoms with Gasteiger partial charge in [0.25, 0.3) is 0 Å². The summed E-state index contributed by atoms with van der Waals surface area (Å²) in [5.74, 6) is 0. The summed E-state index contributed by atoms with van der Waals surface area (Å²) in [6.45, 7) is 1.87. The lowest BCUT2D eigenvalue weighted by Gasteiger charge is -2.10. The highest BCUT2D eigenvalue weighted by Gasteiger charge is 2.30. The summed E-state index contributed by atoms with van der Waals surface area (Å²) in [7, 11) is 0. The van der Waals surface area contributed by atoms with E-state index in [0.29, 0.717) is 5.56 Å². The van der Waals surface area contributed by atoms with Crippen LogP contribution in [-0.4, -0.2) is 0 Å².